The molecule has 0 bridgehead atoms. The molecule has 0 aromatic rings. The second kappa shape index (κ2) is 23.5. The zero-order chi connectivity index (χ0) is 23.0. The van der Waals surface area contributed by atoms with Crippen molar-refractivity contribution in [2.24, 2.45) is 0 Å². The lowest BCUT2D eigenvalue weighted by Crippen LogP contribution is -2.37. The molecule has 4 N–H and O–H groups in total. The van der Waals surface area contributed by atoms with E-state index in [-0.39, 0.29) is 5.91 Å². The normalized spacial score (nSPS) is 20.5. The highest BCUT2D eigenvalue weighted by Gasteiger charge is 2.13. The van der Waals surface area contributed by atoms with Crippen LogP contribution in [0, 0.1) is 0 Å². The van der Waals surface area contributed by atoms with Gasteiger partial charge in [-0.05, 0) is 64.8 Å². The minimum atomic E-state index is 0.212. The first kappa shape index (κ1) is 29.4. The van der Waals surface area contributed by atoms with Gasteiger partial charge in [-0.3, -0.25) is 4.79 Å². The molecule has 0 saturated carbocycles. The van der Waals surface area contributed by atoms with E-state index in [1.807, 2.05) is 0 Å². The van der Waals surface area contributed by atoms with Crippen LogP contribution in [-0.2, 0) is 4.79 Å². The fraction of sp³-hybridized carbons (Fsp3) is 0.963. The number of rotatable bonds is 13. The number of hydrogen-bond acceptors (Lipinski definition) is 4. The first-order valence-corrected chi connectivity index (χ1v) is 14.2. The molecule has 1 amide bonds. The second-order valence-corrected chi connectivity index (χ2v) is 9.80. The van der Waals surface area contributed by atoms with Crippen LogP contribution in [0.15, 0.2) is 0 Å². The largest absolute Gasteiger partial charge is 0.356 e. The Morgan fingerprint density at radius 1 is 0.625 bits per heavy atom. The number of carbonyl (C=O) groups is 1. The molecule has 1 saturated heterocycles. The first-order chi connectivity index (χ1) is 15.8. The summed E-state index contributed by atoms with van der Waals surface area (Å²) in [5.41, 5.74) is 0. The number of hydrogen-bond donors (Lipinski definition) is 4. The van der Waals surface area contributed by atoms with Gasteiger partial charge < -0.3 is 21.3 Å². The van der Waals surface area contributed by atoms with Gasteiger partial charge in [0.05, 0.1) is 0 Å². The van der Waals surface area contributed by atoms with Crippen LogP contribution < -0.4 is 21.3 Å². The van der Waals surface area contributed by atoms with Crippen LogP contribution in [0.4, 0.5) is 0 Å². The van der Waals surface area contributed by atoms with Crippen molar-refractivity contribution >= 4 is 5.91 Å². The predicted molar refractivity (Wildman–Crippen MR) is 139 cm³/mol. The van der Waals surface area contributed by atoms with Crippen LogP contribution in [0.3, 0.4) is 0 Å². The third-order valence-electron chi connectivity index (χ3n) is 6.61. The molecule has 5 heteroatoms. The van der Waals surface area contributed by atoms with Crippen molar-refractivity contribution in [2.75, 3.05) is 39.3 Å². The van der Waals surface area contributed by atoms with Gasteiger partial charge in [0, 0.05) is 19.0 Å². The Labute approximate surface area is 200 Å². The summed E-state index contributed by atoms with van der Waals surface area (Å²) in [5.74, 6) is 0.212. The standard InChI is InChI=1S/C27H56N4O/c1-2-3-4-5-6-7-8-9-10-11-12-13-18-26-25-27(32)31-24-17-22-29-20-15-14-19-28-21-16-23-30-26/h26,28-30H,2-25H2,1H3,(H,31,32). The molecule has 32 heavy (non-hydrogen) atoms. The lowest BCUT2D eigenvalue weighted by atomic mass is 10.0. The molecule has 0 aromatic heterocycles. The maximum atomic E-state index is 12.4. The van der Waals surface area contributed by atoms with Gasteiger partial charge in [-0.15, -0.1) is 0 Å². The smallest absolute Gasteiger partial charge is 0.221 e. The summed E-state index contributed by atoms with van der Waals surface area (Å²) < 4.78 is 0. The maximum absolute atomic E-state index is 12.4. The lowest BCUT2D eigenvalue weighted by Gasteiger charge is -2.19. The Bertz CT molecular complexity index is 405. The third-order valence-corrected chi connectivity index (χ3v) is 6.61. The number of nitrogens with one attached hydrogen (secondary N) is 4. The van der Waals surface area contributed by atoms with E-state index in [2.05, 4.69) is 28.2 Å². The van der Waals surface area contributed by atoms with Gasteiger partial charge >= 0.3 is 0 Å². The molecule has 1 aliphatic rings. The fourth-order valence-electron chi connectivity index (χ4n) is 4.51. The van der Waals surface area contributed by atoms with Crippen molar-refractivity contribution in [3.05, 3.63) is 0 Å². The van der Waals surface area contributed by atoms with Crippen molar-refractivity contribution < 1.29 is 4.79 Å². The van der Waals surface area contributed by atoms with Crippen LogP contribution >= 0.6 is 0 Å². The van der Waals surface area contributed by atoms with E-state index in [0.29, 0.717) is 12.5 Å². The molecule has 1 atom stereocenters. The molecule has 1 heterocycles. The summed E-state index contributed by atoms with van der Waals surface area (Å²) in [6, 6.07) is 0.326. The SMILES string of the molecule is CCCCCCCCCCCCCCC1CC(=O)NCCCNCCCCNCCCN1. The van der Waals surface area contributed by atoms with E-state index in [1.165, 1.54) is 89.9 Å². The highest BCUT2D eigenvalue weighted by atomic mass is 16.1. The lowest BCUT2D eigenvalue weighted by molar-refractivity contribution is -0.121. The van der Waals surface area contributed by atoms with Crippen LogP contribution in [-0.4, -0.2) is 51.2 Å². The molecule has 0 aliphatic carbocycles. The summed E-state index contributed by atoms with van der Waals surface area (Å²) in [6.07, 6.45) is 22.9. The third kappa shape index (κ3) is 20.0. The van der Waals surface area contributed by atoms with Crippen molar-refractivity contribution in [3.8, 4) is 0 Å². The second-order valence-electron chi connectivity index (χ2n) is 9.80. The molecule has 0 aromatic carbocycles. The van der Waals surface area contributed by atoms with E-state index in [0.717, 1.165) is 58.5 Å². The van der Waals surface area contributed by atoms with E-state index in [9.17, 15) is 4.79 Å². The van der Waals surface area contributed by atoms with E-state index in [1.54, 1.807) is 0 Å². The summed E-state index contributed by atoms with van der Waals surface area (Å²) in [5, 5.41) is 13.8. The monoisotopic (exact) mass is 452 g/mol. The Hall–Kier alpha value is -0.650. The average Bonchev–Trinajstić information content (AvgIpc) is 2.79. The maximum Gasteiger partial charge on any atom is 0.221 e. The van der Waals surface area contributed by atoms with Gasteiger partial charge in [-0.1, -0.05) is 84.0 Å². The van der Waals surface area contributed by atoms with Crippen LogP contribution in [0.25, 0.3) is 0 Å². The van der Waals surface area contributed by atoms with Crippen molar-refractivity contribution in [1.82, 2.24) is 21.3 Å². The molecule has 0 spiro atoms. The molecule has 1 aliphatic heterocycles. The Balaban J connectivity index is 2.13. The van der Waals surface area contributed by atoms with Gasteiger partial charge in [0.25, 0.3) is 0 Å². The van der Waals surface area contributed by atoms with Gasteiger partial charge in [-0.25, -0.2) is 0 Å². The summed E-state index contributed by atoms with van der Waals surface area (Å²) in [4.78, 5) is 12.4. The highest BCUT2D eigenvalue weighted by Crippen LogP contribution is 2.13. The van der Waals surface area contributed by atoms with Crippen molar-refractivity contribution in [3.63, 3.8) is 0 Å². The van der Waals surface area contributed by atoms with Crippen LogP contribution in [0.1, 0.15) is 122 Å². The van der Waals surface area contributed by atoms with E-state index < -0.39 is 0 Å². The molecule has 1 fully saturated rings. The fourth-order valence-corrected chi connectivity index (χ4v) is 4.51. The average molecular weight is 453 g/mol. The molecular formula is C27H56N4O. The summed E-state index contributed by atoms with van der Waals surface area (Å²) >= 11 is 0. The van der Waals surface area contributed by atoms with E-state index in [4.69, 9.17) is 0 Å². The zero-order valence-corrected chi connectivity index (χ0v) is 21.5. The Morgan fingerprint density at radius 3 is 1.72 bits per heavy atom. The zero-order valence-electron chi connectivity index (χ0n) is 21.5. The van der Waals surface area contributed by atoms with Gasteiger partial charge in [0.2, 0.25) is 5.91 Å². The molecule has 1 unspecified atom stereocenters. The van der Waals surface area contributed by atoms with E-state index >= 15 is 0 Å². The molecule has 0 radical (unpaired) electrons. The topological polar surface area (TPSA) is 65.2 Å². The van der Waals surface area contributed by atoms with Crippen molar-refractivity contribution in [2.45, 2.75) is 129 Å². The minimum absolute atomic E-state index is 0.212. The molecular weight excluding hydrogens is 396 g/mol. The predicted octanol–water partition coefficient (Wildman–Crippen LogP) is 5.30. The molecule has 1 rings (SSSR count). The van der Waals surface area contributed by atoms with Gasteiger partial charge in [-0.2, -0.15) is 0 Å². The highest BCUT2D eigenvalue weighted by molar-refractivity contribution is 5.76. The van der Waals surface area contributed by atoms with Crippen molar-refractivity contribution in [1.29, 1.82) is 0 Å². The molecule has 5 nitrogen and oxygen atoms in total. The minimum Gasteiger partial charge on any atom is -0.356 e. The quantitative estimate of drug-likeness (QED) is 0.287. The summed E-state index contributed by atoms with van der Waals surface area (Å²) in [6.45, 7) is 8.34. The molecule has 190 valence electrons. The first-order valence-electron chi connectivity index (χ1n) is 14.2. The summed E-state index contributed by atoms with van der Waals surface area (Å²) in [7, 11) is 0. The van der Waals surface area contributed by atoms with Crippen LogP contribution in [0.5, 0.6) is 0 Å². The van der Waals surface area contributed by atoms with Crippen LogP contribution in [0.2, 0.25) is 0 Å². The van der Waals surface area contributed by atoms with Gasteiger partial charge in [0.15, 0.2) is 0 Å². The Morgan fingerprint density at radius 2 is 1.12 bits per heavy atom. The number of carbonyl (C=O) groups excluding carboxylic acids is 1. The van der Waals surface area contributed by atoms with Gasteiger partial charge in [0.1, 0.15) is 0 Å². The number of amides is 1. The number of unbranched alkanes of at least 4 members (excludes halogenated alkanes) is 11. The Kier molecular flexibility index (Phi) is 21.6.